The van der Waals surface area contributed by atoms with Gasteiger partial charge in [-0.1, -0.05) is 29.5 Å². The number of thiazole rings is 1. The smallest absolute Gasteiger partial charge is 0.422 e. The van der Waals surface area contributed by atoms with Crippen LogP contribution in [0, 0.1) is 0 Å². The molecule has 0 radical (unpaired) electrons. The van der Waals surface area contributed by atoms with Gasteiger partial charge in [-0.15, -0.1) is 0 Å². The number of carbonyl (C=O) groups is 1. The van der Waals surface area contributed by atoms with Gasteiger partial charge in [-0.2, -0.15) is 13.2 Å². The summed E-state index contributed by atoms with van der Waals surface area (Å²) in [5, 5.41) is 24.7. The van der Waals surface area contributed by atoms with Crippen LogP contribution in [0.25, 0.3) is 10.2 Å². The first-order valence-corrected chi connectivity index (χ1v) is 9.50. The lowest BCUT2D eigenvalue weighted by atomic mass is 9.93. The Hall–Kier alpha value is -3.05. The van der Waals surface area contributed by atoms with Crippen molar-refractivity contribution in [2.45, 2.75) is 18.6 Å². The van der Waals surface area contributed by atoms with E-state index in [1.54, 1.807) is 25.1 Å². The first-order valence-electron chi connectivity index (χ1n) is 8.68. The van der Waals surface area contributed by atoms with Crippen LogP contribution in [0.1, 0.15) is 12.5 Å². The van der Waals surface area contributed by atoms with Crippen molar-refractivity contribution in [3.63, 3.8) is 0 Å². The number of aromatic hydroxyl groups is 1. The van der Waals surface area contributed by atoms with Crippen LogP contribution in [0.15, 0.2) is 42.5 Å². The highest BCUT2D eigenvalue weighted by molar-refractivity contribution is 7.22. The van der Waals surface area contributed by atoms with Gasteiger partial charge in [0.05, 0.1) is 16.8 Å². The first-order chi connectivity index (χ1) is 14.1. The number of rotatable bonds is 6. The van der Waals surface area contributed by atoms with Crippen LogP contribution in [0.5, 0.6) is 11.5 Å². The number of alkyl halides is 3. The van der Waals surface area contributed by atoms with Crippen molar-refractivity contribution in [3.05, 3.63) is 48.0 Å². The number of nitrogens with zero attached hydrogens (tertiary/aromatic N) is 1. The number of hydrogen-bond donors (Lipinski definition) is 4. The molecule has 0 saturated heterocycles. The van der Waals surface area contributed by atoms with Crippen LogP contribution in [0.3, 0.4) is 0 Å². The lowest BCUT2D eigenvalue weighted by Crippen LogP contribution is -2.48. The van der Waals surface area contributed by atoms with Gasteiger partial charge in [0, 0.05) is 0 Å². The number of aromatic nitrogens is 1. The molecule has 0 aliphatic carbocycles. The highest BCUT2D eigenvalue weighted by atomic mass is 32.1. The number of phenolic OH excluding ortho intramolecular Hbond substituents is 1. The van der Waals surface area contributed by atoms with Crippen molar-refractivity contribution in [1.29, 1.82) is 0 Å². The summed E-state index contributed by atoms with van der Waals surface area (Å²) in [6, 6.07) is 9.93. The highest BCUT2D eigenvalue weighted by Crippen LogP contribution is 2.33. The van der Waals surface area contributed by atoms with E-state index in [0.29, 0.717) is 10.3 Å². The SMILES string of the molecule is CC(CO)(NC(=O)Nc1nc2c(OCC(F)(F)F)cccc2s1)c1cccc(O)c1. The summed E-state index contributed by atoms with van der Waals surface area (Å²) in [6.07, 6.45) is -4.49. The molecule has 30 heavy (non-hydrogen) atoms. The van der Waals surface area contributed by atoms with Crippen LogP contribution in [-0.4, -0.2) is 40.6 Å². The van der Waals surface area contributed by atoms with Gasteiger partial charge >= 0.3 is 12.2 Å². The van der Waals surface area contributed by atoms with Gasteiger partial charge in [0.2, 0.25) is 0 Å². The maximum absolute atomic E-state index is 12.5. The van der Waals surface area contributed by atoms with Crippen molar-refractivity contribution >= 4 is 32.7 Å². The number of ether oxygens (including phenoxy) is 1. The van der Waals surface area contributed by atoms with E-state index in [4.69, 9.17) is 4.74 Å². The standard InChI is InChI=1S/C19H18F3N3O4S/c1-18(9-26,11-4-2-5-12(27)8-11)25-16(28)24-17-23-15-13(29-10-19(20,21)22)6-3-7-14(15)30-17/h2-8,26-27H,9-10H2,1H3,(H2,23,24,25,28). The van der Waals surface area contributed by atoms with Gasteiger partial charge in [-0.05, 0) is 36.8 Å². The summed E-state index contributed by atoms with van der Waals surface area (Å²) in [4.78, 5) is 16.6. The number of hydrogen-bond acceptors (Lipinski definition) is 6. The number of benzene rings is 2. The van der Waals surface area contributed by atoms with Crippen LogP contribution in [0.4, 0.5) is 23.1 Å². The zero-order chi connectivity index (χ0) is 21.9. The van der Waals surface area contributed by atoms with Crippen molar-refractivity contribution in [2.75, 3.05) is 18.5 Å². The van der Waals surface area contributed by atoms with E-state index in [9.17, 15) is 28.2 Å². The second kappa shape index (κ2) is 8.36. The van der Waals surface area contributed by atoms with Crippen LogP contribution >= 0.6 is 11.3 Å². The lowest BCUT2D eigenvalue weighted by Gasteiger charge is -2.29. The molecule has 0 saturated carbocycles. The molecule has 3 rings (SSSR count). The number of fused-ring (bicyclic) bond motifs is 1. The summed E-state index contributed by atoms with van der Waals surface area (Å²) in [5.74, 6) is -0.0681. The monoisotopic (exact) mass is 441 g/mol. The third kappa shape index (κ3) is 5.10. The van der Waals surface area contributed by atoms with Gasteiger partial charge < -0.3 is 20.3 Å². The van der Waals surface area contributed by atoms with Crippen molar-refractivity contribution in [2.24, 2.45) is 0 Å². The Balaban J connectivity index is 1.76. The minimum absolute atomic E-state index is 0.0213. The molecule has 0 spiro atoms. The van der Waals surface area contributed by atoms with Crippen LogP contribution < -0.4 is 15.4 Å². The van der Waals surface area contributed by atoms with E-state index in [-0.39, 0.29) is 22.1 Å². The van der Waals surface area contributed by atoms with E-state index < -0.39 is 31.0 Å². The summed E-state index contributed by atoms with van der Waals surface area (Å²) in [5.41, 5.74) is -0.521. The molecule has 1 heterocycles. The number of halogens is 3. The predicted molar refractivity (Wildman–Crippen MR) is 106 cm³/mol. The molecule has 11 heteroatoms. The minimum Gasteiger partial charge on any atom is -0.508 e. The average molecular weight is 441 g/mol. The number of urea groups is 1. The number of amides is 2. The second-order valence-corrected chi connectivity index (χ2v) is 7.68. The van der Waals surface area contributed by atoms with Gasteiger partial charge in [-0.3, -0.25) is 5.32 Å². The number of anilines is 1. The molecule has 0 bridgehead atoms. The quantitative estimate of drug-likeness (QED) is 0.464. The number of aliphatic hydroxyl groups is 1. The largest absolute Gasteiger partial charge is 0.508 e. The van der Waals surface area contributed by atoms with E-state index in [2.05, 4.69) is 15.6 Å². The maximum atomic E-state index is 12.5. The normalized spacial score (nSPS) is 13.6. The molecule has 2 aromatic carbocycles. The summed E-state index contributed by atoms with van der Waals surface area (Å²) in [7, 11) is 0. The Morgan fingerprint density at radius 2 is 1.97 bits per heavy atom. The Morgan fingerprint density at radius 1 is 1.23 bits per heavy atom. The Bertz CT molecular complexity index is 1060. The second-order valence-electron chi connectivity index (χ2n) is 6.65. The van der Waals surface area contributed by atoms with Crippen LogP contribution in [-0.2, 0) is 5.54 Å². The molecule has 1 unspecified atom stereocenters. The molecule has 7 nitrogen and oxygen atoms in total. The summed E-state index contributed by atoms with van der Waals surface area (Å²) in [6.45, 7) is -0.326. The zero-order valence-corrected chi connectivity index (χ0v) is 16.5. The molecule has 0 fully saturated rings. The number of nitrogens with one attached hydrogen (secondary N) is 2. The Labute approximate surface area is 173 Å². The lowest BCUT2D eigenvalue weighted by molar-refractivity contribution is -0.153. The number of para-hydroxylation sites is 1. The fourth-order valence-corrected chi connectivity index (χ4v) is 3.56. The van der Waals surface area contributed by atoms with Gasteiger partial charge in [0.1, 0.15) is 17.0 Å². The molecule has 2 amide bonds. The van der Waals surface area contributed by atoms with Gasteiger partial charge in [0.15, 0.2) is 11.7 Å². The molecule has 4 N–H and O–H groups in total. The van der Waals surface area contributed by atoms with Gasteiger partial charge in [0.25, 0.3) is 0 Å². The molecule has 0 aliphatic heterocycles. The summed E-state index contributed by atoms with van der Waals surface area (Å²) < 4.78 is 42.6. The molecule has 1 atom stereocenters. The zero-order valence-electron chi connectivity index (χ0n) is 15.7. The van der Waals surface area contributed by atoms with E-state index >= 15 is 0 Å². The topological polar surface area (TPSA) is 104 Å². The number of aliphatic hydroxyl groups excluding tert-OH is 1. The highest BCUT2D eigenvalue weighted by Gasteiger charge is 2.30. The van der Waals surface area contributed by atoms with Crippen molar-refractivity contribution < 1.29 is 32.9 Å². The summed E-state index contributed by atoms with van der Waals surface area (Å²) >= 11 is 1.06. The molecule has 160 valence electrons. The first kappa shape index (κ1) is 21.7. The molecular weight excluding hydrogens is 423 g/mol. The van der Waals surface area contributed by atoms with E-state index in [1.807, 2.05) is 0 Å². The minimum atomic E-state index is -4.49. The number of carbonyl (C=O) groups excluding carboxylic acids is 1. The fourth-order valence-electron chi connectivity index (χ4n) is 2.68. The molecule has 1 aromatic heterocycles. The third-order valence-corrected chi connectivity index (χ3v) is 5.12. The van der Waals surface area contributed by atoms with Crippen molar-refractivity contribution in [3.8, 4) is 11.5 Å². The van der Waals surface area contributed by atoms with Gasteiger partial charge in [-0.25, -0.2) is 9.78 Å². The van der Waals surface area contributed by atoms with Crippen LogP contribution in [0.2, 0.25) is 0 Å². The van der Waals surface area contributed by atoms with Crippen molar-refractivity contribution in [1.82, 2.24) is 10.3 Å². The Kier molecular flexibility index (Phi) is 6.04. The fraction of sp³-hybridized carbons (Fsp3) is 0.263. The van der Waals surface area contributed by atoms with E-state index in [0.717, 1.165) is 11.3 Å². The molecular formula is C19H18F3N3O4S. The molecule has 3 aromatic rings. The third-order valence-electron chi connectivity index (χ3n) is 4.18. The molecule has 0 aliphatic rings. The predicted octanol–water partition coefficient (Wildman–Crippen LogP) is 3.97. The number of phenols is 1. The average Bonchev–Trinajstić information content (AvgIpc) is 3.08. The van der Waals surface area contributed by atoms with E-state index in [1.165, 1.54) is 24.3 Å². The Morgan fingerprint density at radius 3 is 2.63 bits per heavy atom. The maximum Gasteiger partial charge on any atom is 0.422 e.